The van der Waals surface area contributed by atoms with E-state index >= 15 is 0 Å². The fraction of sp³-hybridized carbons (Fsp3) is 0.105. The number of nitro groups is 1. The zero-order valence-corrected chi connectivity index (χ0v) is 13.3. The Morgan fingerprint density at radius 3 is 2.64 bits per heavy atom. The number of carbonyl (C=O) groups excluding carboxylic acids is 1. The van der Waals surface area contributed by atoms with Crippen LogP contribution in [0, 0.1) is 10.1 Å². The Kier molecular flexibility index (Phi) is 5.01. The van der Waals surface area contributed by atoms with Gasteiger partial charge in [-0.25, -0.2) is 5.48 Å². The van der Waals surface area contributed by atoms with Crippen LogP contribution in [0.1, 0.15) is 11.1 Å². The standard InChI is InChI=1S/C19H16N2O4/c22-19(12-16-8-4-7-15-6-1-2-10-18(15)16)20-25-13-14-5-3-9-17(11-14)21(23)24/h1-11H,12-13H2,(H,20,22). The van der Waals surface area contributed by atoms with E-state index in [-0.39, 0.29) is 24.6 Å². The van der Waals surface area contributed by atoms with Crippen molar-refractivity contribution in [1.82, 2.24) is 5.48 Å². The Balaban J connectivity index is 1.58. The van der Waals surface area contributed by atoms with Crippen molar-refractivity contribution in [2.45, 2.75) is 13.0 Å². The van der Waals surface area contributed by atoms with Crippen LogP contribution in [0.2, 0.25) is 0 Å². The quantitative estimate of drug-likeness (QED) is 0.551. The first kappa shape index (κ1) is 16.6. The number of rotatable bonds is 6. The van der Waals surface area contributed by atoms with Crippen LogP contribution in [-0.4, -0.2) is 10.8 Å². The molecule has 3 aromatic carbocycles. The van der Waals surface area contributed by atoms with Gasteiger partial charge in [0.25, 0.3) is 5.69 Å². The number of hydrogen-bond donors (Lipinski definition) is 1. The smallest absolute Gasteiger partial charge is 0.269 e. The second kappa shape index (κ2) is 7.55. The molecule has 0 aliphatic heterocycles. The van der Waals surface area contributed by atoms with Crippen LogP contribution in [0.15, 0.2) is 66.7 Å². The molecule has 0 unspecified atom stereocenters. The van der Waals surface area contributed by atoms with E-state index in [1.54, 1.807) is 12.1 Å². The Morgan fingerprint density at radius 2 is 1.80 bits per heavy atom. The predicted molar refractivity (Wildman–Crippen MR) is 93.7 cm³/mol. The van der Waals surface area contributed by atoms with E-state index in [0.29, 0.717) is 5.56 Å². The van der Waals surface area contributed by atoms with Crippen molar-refractivity contribution < 1.29 is 14.6 Å². The first-order chi connectivity index (χ1) is 12.1. The van der Waals surface area contributed by atoms with Gasteiger partial charge in [0.2, 0.25) is 5.91 Å². The SMILES string of the molecule is O=C(Cc1cccc2ccccc12)NOCc1cccc([N+](=O)[O-])c1. The molecular weight excluding hydrogens is 320 g/mol. The average molecular weight is 336 g/mol. The minimum absolute atomic E-state index is 0.0109. The van der Waals surface area contributed by atoms with E-state index in [0.717, 1.165) is 16.3 Å². The van der Waals surface area contributed by atoms with Gasteiger partial charge in [-0.2, -0.15) is 0 Å². The molecule has 3 rings (SSSR count). The van der Waals surface area contributed by atoms with Crippen molar-refractivity contribution in [1.29, 1.82) is 0 Å². The normalized spacial score (nSPS) is 10.6. The van der Waals surface area contributed by atoms with Gasteiger partial charge in [-0.1, -0.05) is 54.6 Å². The van der Waals surface area contributed by atoms with Crippen LogP contribution >= 0.6 is 0 Å². The van der Waals surface area contributed by atoms with Gasteiger partial charge in [0.1, 0.15) is 6.61 Å². The first-order valence-electron chi connectivity index (χ1n) is 7.74. The number of benzene rings is 3. The highest BCUT2D eigenvalue weighted by molar-refractivity contribution is 5.89. The zero-order chi connectivity index (χ0) is 17.6. The minimum atomic E-state index is -0.470. The molecule has 0 heterocycles. The molecule has 0 saturated heterocycles. The molecule has 6 heteroatoms. The lowest BCUT2D eigenvalue weighted by Gasteiger charge is -2.08. The Bertz CT molecular complexity index is 919. The highest BCUT2D eigenvalue weighted by atomic mass is 16.7. The van der Waals surface area contributed by atoms with E-state index in [9.17, 15) is 14.9 Å². The maximum atomic E-state index is 12.1. The molecular formula is C19H16N2O4. The number of nitrogens with zero attached hydrogens (tertiary/aromatic N) is 1. The van der Waals surface area contributed by atoms with Gasteiger partial charge in [-0.15, -0.1) is 0 Å². The molecule has 0 bridgehead atoms. The fourth-order valence-corrected chi connectivity index (χ4v) is 2.62. The Morgan fingerprint density at radius 1 is 1.04 bits per heavy atom. The zero-order valence-electron chi connectivity index (χ0n) is 13.3. The maximum Gasteiger partial charge on any atom is 0.269 e. The summed E-state index contributed by atoms with van der Waals surface area (Å²) in [4.78, 5) is 27.5. The number of amides is 1. The van der Waals surface area contributed by atoms with Crippen molar-refractivity contribution in [3.8, 4) is 0 Å². The van der Waals surface area contributed by atoms with E-state index in [2.05, 4.69) is 5.48 Å². The lowest BCUT2D eigenvalue weighted by atomic mass is 10.0. The number of nitrogens with one attached hydrogen (secondary N) is 1. The van der Waals surface area contributed by atoms with Crippen molar-refractivity contribution in [2.75, 3.05) is 0 Å². The van der Waals surface area contributed by atoms with Crippen molar-refractivity contribution in [2.24, 2.45) is 0 Å². The lowest BCUT2D eigenvalue weighted by molar-refractivity contribution is -0.385. The number of carbonyl (C=O) groups is 1. The van der Waals surface area contributed by atoms with Gasteiger partial charge < -0.3 is 0 Å². The van der Waals surface area contributed by atoms with E-state index < -0.39 is 4.92 Å². The number of hydroxylamine groups is 1. The number of non-ortho nitro benzene ring substituents is 1. The van der Waals surface area contributed by atoms with Gasteiger partial charge in [0, 0.05) is 12.1 Å². The van der Waals surface area contributed by atoms with Gasteiger partial charge in [-0.3, -0.25) is 19.7 Å². The summed E-state index contributed by atoms with van der Waals surface area (Å²) in [6, 6.07) is 19.8. The van der Waals surface area contributed by atoms with Gasteiger partial charge in [0.15, 0.2) is 0 Å². The summed E-state index contributed by atoms with van der Waals surface area (Å²) < 4.78 is 0. The van der Waals surface area contributed by atoms with Crippen molar-refractivity contribution in [3.63, 3.8) is 0 Å². The second-order valence-corrected chi connectivity index (χ2v) is 5.56. The summed E-state index contributed by atoms with van der Waals surface area (Å²) in [6.07, 6.45) is 0.191. The molecule has 0 spiro atoms. The fourth-order valence-electron chi connectivity index (χ4n) is 2.62. The third-order valence-electron chi connectivity index (χ3n) is 3.78. The lowest BCUT2D eigenvalue weighted by Crippen LogP contribution is -2.25. The van der Waals surface area contributed by atoms with Crippen molar-refractivity contribution >= 4 is 22.4 Å². The predicted octanol–water partition coefficient (Wildman–Crippen LogP) is 3.54. The molecule has 1 N–H and O–H groups in total. The van der Waals surface area contributed by atoms with E-state index in [1.807, 2.05) is 42.5 Å². The van der Waals surface area contributed by atoms with Gasteiger partial charge in [-0.05, 0) is 21.9 Å². The minimum Gasteiger partial charge on any atom is -0.272 e. The van der Waals surface area contributed by atoms with Gasteiger partial charge in [0.05, 0.1) is 11.3 Å². The average Bonchev–Trinajstić information content (AvgIpc) is 2.62. The van der Waals surface area contributed by atoms with Crippen LogP contribution in [0.4, 0.5) is 5.69 Å². The third-order valence-corrected chi connectivity index (χ3v) is 3.78. The van der Waals surface area contributed by atoms with Crippen LogP contribution in [-0.2, 0) is 22.7 Å². The number of nitro benzene ring substituents is 1. The van der Waals surface area contributed by atoms with Gasteiger partial charge >= 0.3 is 0 Å². The molecule has 0 atom stereocenters. The van der Waals surface area contributed by atoms with Crippen LogP contribution in [0.5, 0.6) is 0 Å². The molecule has 1 amide bonds. The number of fused-ring (bicyclic) bond motifs is 1. The van der Waals surface area contributed by atoms with Crippen molar-refractivity contribution in [3.05, 3.63) is 88.0 Å². The molecule has 0 radical (unpaired) electrons. The molecule has 0 fully saturated rings. The molecule has 3 aromatic rings. The van der Waals surface area contributed by atoms with E-state index in [1.165, 1.54) is 12.1 Å². The Labute approximate surface area is 144 Å². The number of hydrogen-bond acceptors (Lipinski definition) is 4. The molecule has 25 heavy (non-hydrogen) atoms. The summed E-state index contributed by atoms with van der Waals surface area (Å²) in [5.74, 6) is -0.276. The highest BCUT2D eigenvalue weighted by Gasteiger charge is 2.08. The van der Waals surface area contributed by atoms with E-state index in [4.69, 9.17) is 4.84 Å². The Hall–Kier alpha value is -3.25. The maximum absolute atomic E-state index is 12.1. The van der Waals surface area contributed by atoms with Crippen LogP contribution in [0.3, 0.4) is 0 Å². The third kappa shape index (κ3) is 4.19. The second-order valence-electron chi connectivity index (χ2n) is 5.56. The summed E-state index contributed by atoms with van der Waals surface area (Å²) in [6.45, 7) is 0.0585. The molecule has 0 saturated carbocycles. The monoisotopic (exact) mass is 336 g/mol. The molecule has 0 aromatic heterocycles. The summed E-state index contributed by atoms with van der Waals surface area (Å²) in [7, 11) is 0. The molecule has 0 aliphatic rings. The summed E-state index contributed by atoms with van der Waals surface area (Å²) in [5.41, 5.74) is 3.90. The molecule has 126 valence electrons. The molecule has 6 nitrogen and oxygen atoms in total. The largest absolute Gasteiger partial charge is 0.272 e. The highest BCUT2D eigenvalue weighted by Crippen LogP contribution is 2.19. The first-order valence-corrected chi connectivity index (χ1v) is 7.74. The summed E-state index contributed by atoms with van der Waals surface area (Å²) in [5, 5.41) is 12.8. The molecule has 0 aliphatic carbocycles. The topological polar surface area (TPSA) is 81.5 Å². The van der Waals surface area contributed by atoms with Crippen LogP contribution < -0.4 is 5.48 Å². The summed E-state index contributed by atoms with van der Waals surface area (Å²) >= 11 is 0. The van der Waals surface area contributed by atoms with Crippen LogP contribution in [0.25, 0.3) is 10.8 Å².